The fraction of sp³-hybridized carbons (Fsp3) is 0.591. The van der Waals surface area contributed by atoms with E-state index in [1.165, 1.54) is 0 Å². The molecule has 158 valence electrons. The van der Waals surface area contributed by atoms with E-state index in [1.807, 2.05) is 11.0 Å². The molecule has 7 nitrogen and oxygen atoms in total. The number of carbonyl (C=O) groups excluding carboxylic acids is 1. The largest absolute Gasteiger partial charge is 0.497 e. The average molecular weight is 402 g/mol. The molecule has 1 N–H and O–H groups in total. The number of morpholine rings is 1. The van der Waals surface area contributed by atoms with Gasteiger partial charge in [-0.1, -0.05) is 0 Å². The van der Waals surface area contributed by atoms with Crippen molar-refractivity contribution in [2.45, 2.75) is 44.5 Å². The normalized spacial score (nSPS) is 19.4. The highest BCUT2D eigenvalue weighted by molar-refractivity contribution is 5.87. The first-order valence-corrected chi connectivity index (χ1v) is 10.5. The zero-order valence-electron chi connectivity index (χ0n) is 17.4. The van der Waals surface area contributed by atoms with Crippen molar-refractivity contribution < 1.29 is 19.0 Å². The molecule has 1 atom stereocenters. The van der Waals surface area contributed by atoms with E-state index in [9.17, 15) is 4.79 Å². The van der Waals surface area contributed by atoms with Gasteiger partial charge >= 0.3 is 0 Å². The van der Waals surface area contributed by atoms with Gasteiger partial charge in [-0.15, -0.1) is 0 Å². The summed E-state index contributed by atoms with van der Waals surface area (Å²) in [4.78, 5) is 15.2. The van der Waals surface area contributed by atoms with Crippen LogP contribution in [0.5, 0.6) is 5.75 Å². The number of hydrogen-bond donors (Lipinski definition) is 1. The standard InChI is InChI=1S/C22H31N3O4/c1-27-10-3-9-24-14-16(19-12-18(28-2)6-7-20(19)24)15-25(17-4-5-17)22(26)21-13-23-8-11-29-21/h6-7,12,14,17,21,23H,3-5,8-11,13,15H2,1-2H3/t21-/m1/s1. The van der Waals surface area contributed by atoms with Crippen LogP contribution < -0.4 is 10.1 Å². The van der Waals surface area contributed by atoms with Crippen LogP contribution in [-0.4, -0.2) is 68.0 Å². The third-order valence-corrected chi connectivity index (χ3v) is 5.73. The molecule has 2 fully saturated rings. The predicted octanol–water partition coefficient (Wildman–Crippen LogP) is 2.17. The minimum atomic E-state index is -0.381. The molecule has 2 aromatic rings. The lowest BCUT2D eigenvalue weighted by molar-refractivity contribution is -0.146. The van der Waals surface area contributed by atoms with Crippen molar-refractivity contribution in [2.24, 2.45) is 0 Å². The summed E-state index contributed by atoms with van der Waals surface area (Å²) >= 11 is 0. The number of ether oxygens (including phenoxy) is 3. The van der Waals surface area contributed by atoms with E-state index in [0.717, 1.165) is 61.2 Å². The third kappa shape index (κ3) is 4.57. The van der Waals surface area contributed by atoms with Crippen molar-refractivity contribution in [1.29, 1.82) is 0 Å². The number of rotatable bonds is 9. The Bertz CT molecular complexity index is 840. The summed E-state index contributed by atoms with van der Waals surface area (Å²) in [5, 5.41) is 4.41. The van der Waals surface area contributed by atoms with Crippen molar-refractivity contribution in [3.63, 3.8) is 0 Å². The molecular weight excluding hydrogens is 370 g/mol. The van der Waals surface area contributed by atoms with Crippen LogP contribution in [0.3, 0.4) is 0 Å². The first kappa shape index (κ1) is 20.2. The van der Waals surface area contributed by atoms with E-state index >= 15 is 0 Å². The Morgan fingerprint density at radius 2 is 2.21 bits per heavy atom. The maximum absolute atomic E-state index is 13.2. The summed E-state index contributed by atoms with van der Waals surface area (Å²) in [6.45, 7) is 4.19. The van der Waals surface area contributed by atoms with Gasteiger partial charge in [0.15, 0.2) is 0 Å². The summed E-state index contributed by atoms with van der Waals surface area (Å²) in [6, 6.07) is 6.49. The van der Waals surface area contributed by atoms with Crippen LogP contribution in [0.25, 0.3) is 10.9 Å². The van der Waals surface area contributed by atoms with Gasteiger partial charge in [-0.25, -0.2) is 0 Å². The summed E-state index contributed by atoms with van der Waals surface area (Å²) in [7, 11) is 3.41. The first-order valence-electron chi connectivity index (χ1n) is 10.5. The lowest BCUT2D eigenvalue weighted by atomic mass is 10.1. The molecule has 0 radical (unpaired) electrons. The van der Waals surface area contributed by atoms with E-state index in [0.29, 0.717) is 25.7 Å². The molecule has 1 aromatic carbocycles. The van der Waals surface area contributed by atoms with Gasteiger partial charge in [-0.05, 0) is 43.0 Å². The molecule has 1 saturated carbocycles. The van der Waals surface area contributed by atoms with Gasteiger partial charge in [-0.2, -0.15) is 0 Å². The quantitative estimate of drug-likeness (QED) is 0.653. The van der Waals surface area contributed by atoms with Crippen LogP contribution in [0.2, 0.25) is 0 Å². The van der Waals surface area contributed by atoms with Crippen molar-refractivity contribution in [1.82, 2.24) is 14.8 Å². The number of aromatic nitrogens is 1. The molecule has 7 heteroatoms. The van der Waals surface area contributed by atoms with E-state index < -0.39 is 0 Å². The minimum absolute atomic E-state index is 0.0999. The van der Waals surface area contributed by atoms with Crippen LogP contribution in [0.4, 0.5) is 0 Å². The number of benzene rings is 1. The van der Waals surface area contributed by atoms with Crippen molar-refractivity contribution in [3.05, 3.63) is 30.0 Å². The zero-order valence-corrected chi connectivity index (χ0v) is 17.4. The Kier molecular flexibility index (Phi) is 6.37. The Balaban J connectivity index is 1.61. The van der Waals surface area contributed by atoms with E-state index in [2.05, 4.69) is 28.2 Å². The molecular formula is C22H31N3O4. The third-order valence-electron chi connectivity index (χ3n) is 5.73. The molecule has 1 aromatic heterocycles. The smallest absolute Gasteiger partial charge is 0.253 e. The number of aryl methyl sites for hydroxylation is 1. The number of fused-ring (bicyclic) bond motifs is 1. The van der Waals surface area contributed by atoms with Gasteiger partial charge in [0.2, 0.25) is 0 Å². The second-order valence-corrected chi connectivity index (χ2v) is 7.84. The lowest BCUT2D eigenvalue weighted by Crippen LogP contribution is -2.49. The highest BCUT2D eigenvalue weighted by Gasteiger charge is 2.37. The highest BCUT2D eigenvalue weighted by atomic mass is 16.5. The van der Waals surface area contributed by atoms with Crippen LogP contribution in [-0.2, 0) is 27.4 Å². The molecule has 2 heterocycles. The van der Waals surface area contributed by atoms with Gasteiger partial charge in [0.25, 0.3) is 5.91 Å². The number of methoxy groups -OCH3 is 2. The summed E-state index contributed by atoms with van der Waals surface area (Å²) in [5.41, 5.74) is 2.32. The number of nitrogens with one attached hydrogen (secondary N) is 1. The van der Waals surface area contributed by atoms with E-state index in [1.54, 1.807) is 14.2 Å². The van der Waals surface area contributed by atoms with Crippen molar-refractivity contribution in [3.8, 4) is 5.75 Å². The predicted molar refractivity (Wildman–Crippen MR) is 111 cm³/mol. The minimum Gasteiger partial charge on any atom is -0.497 e. The molecule has 4 rings (SSSR count). The Morgan fingerprint density at radius 3 is 2.90 bits per heavy atom. The lowest BCUT2D eigenvalue weighted by Gasteiger charge is -2.30. The number of hydrogen-bond acceptors (Lipinski definition) is 5. The van der Waals surface area contributed by atoms with Crippen LogP contribution in [0.1, 0.15) is 24.8 Å². The summed E-state index contributed by atoms with van der Waals surface area (Å²) in [5.74, 6) is 0.931. The van der Waals surface area contributed by atoms with Crippen LogP contribution in [0, 0.1) is 0 Å². The first-order chi connectivity index (χ1) is 14.2. The van der Waals surface area contributed by atoms with Gasteiger partial charge in [0.05, 0.1) is 13.7 Å². The average Bonchev–Trinajstić information content (AvgIpc) is 3.55. The Labute approximate surface area is 171 Å². The van der Waals surface area contributed by atoms with E-state index in [4.69, 9.17) is 14.2 Å². The fourth-order valence-electron chi connectivity index (χ4n) is 4.03. The van der Waals surface area contributed by atoms with Gasteiger partial charge < -0.3 is 29.0 Å². The molecule has 1 amide bonds. The van der Waals surface area contributed by atoms with Crippen LogP contribution >= 0.6 is 0 Å². The summed E-state index contributed by atoms with van der Waals surface area (Å²) in [6.07, 6.45) is 4.89. The number of nitrogens with zero attached hydrogens (tertiary/aromatic N) is 2. The summed E-state index contributed by atoms with van der Waals surface area (Å²) < 4.78 is 18.7. The van der Waals surface area contributed by atoms with Gasteiger partial charge in [0.1, 0.15) is 11.9 Å². The zero-order chi connectivity index (χ0) is 20.2. The fourth-order valence-corrected chi connectivity index (χ4v) is 4.03. The SMILES string of the molecule is COCCCn1cc(CN(C(=O)[C@H]2CNCCO2)C2CC2)c2cc(OC)ccc21. The van der Waals surface area contributed by atoms with Gasteiger partial charge in [-0.3, -0.25) is 4.79 Å². The second kappa shape index (κ2) is 9.15. The van der Waals surface area contributed by atoms with E-state index in [-0.39, 0.29) is 12.0 Å². The number of amides is 1. The monoisotopic (exact) mass is 401 g/mol. The number of carbonyl (C=O) groups is 1. The molecule has 1 aliphatic heterocycles. The van der Waals surface area contributed by atoms with Crippen LogP contribution in [0.15, 0.2) is 24.4 Å². The Hall–Kier alpha value is -2.09. The van der Waals surface area contributed by atoms with Gasteiger partial charge in [0, 0.05) is 63.0 Å². The Morgan fingerprint density at radius 1 is 1.34 bits per heavy atom. The molecule has 1 aliphatic carbocycles. The maximum Gasteiger partial charge on any atom is 0.253 e. The second-order valence-electron chi connectivity index (χ2n) is 7.84. The highest BCUT2D eigenvalue weighted by Crippen LogP contribution is 2.33. The molecule has 1 saturated heterocycles. The molecule has 0 spiro atoms. The topological polar surface area (TPSA) is 65.0 Å². The maximum atomic E-state index is 13.2. The molecule has 0 bridgehead atoms. The molecule has 29 heavy (non-hydrogen) atoms. The van der Waals surface area contributed by atoms with Crippen molar-refractivity contribution >= 4 is 16.8 Å². The molecule has 2 aliphatic rings. The molecule has 0 unspecified atom stereocenters. The van der Waals surface area contributed by atoms with Crippen molar-refractivity contribution in [2.75, 3.05) is 40.5 Å².